The summed E-state index contributed by atoms with van der Waals surface area (Å²) in [5.41, 5.74) is 0.599. The molecule has 7 heteroatoms. The molecular weight excluding hydrogens is 405 g/mol. The van der Waals surface area contributed by atoms with Crippen molar-refractivity contribution in [3.05, 3.63) is 42.7 Å². The maximum atomic E-state index is 11.9. The van der Waals surface area contributed by atoms with E-state index in [0.717, 1.165) is 7.57 Å². The molecule has 2 aromatic rings. The lowest BCUT2D eigenvalue weighted by Gasteiger charge is -2.04. The molecule has 0 aliphatic carbocycles. The van der Waals surface area contributed by atoms with E-state index in [2.05, 4.69) is 36.8 Å². The Bertz CT molecular complexity index is 588. The third kappa shape index (κ3) is 3.54. The topological polar surface area (TPSA) is 39.2 Å². The number of halogens is 3. The number of Topliss-reactive ketones (excluding diaryl/α,β-unsaturated/α-hetero) is 1. The van der Waals surface area contributed by atoms with Gasteiger partial charge in [-0.15, -0.1) is 11.3 Å². The highest BCUT2D eigenvalue weighted by molar-refractivity contribution is 9.12. The van der Waals surface area contributed by atoms with Gasteiger partial charge in [0, 0.05) is 17.8 Å². The second kappa shape index (κ2) is 6.14. The summed E-state index contributed by atoms with van der Waals surface area (Å²) in [6.45, 7) is -0.0518. The minimum absolute atomic E-state index is 0.0518. The van der Waals surface area contributed by atoms with E-state index in [0.29, 0.717) is 16.3 Å². The Labute approximate surface area is 129 Å². The van der Waals surface area contributed by atoms with Gasteiger partial charge in [-0.05, 0) is 37.9 Å². The zero-order chi connectivity index (χ0) is 13.1. The van der Waals surface area contributed by atoms with Gasteiger partial charge in [0.2, 0.25) is 5.78 Å². The fraction of sp³-hybridized carbons (Fsp3) is 0.0909. The molecule has 94 valence electrons. The summed E-state index contributed by atoms with van der Waals surface area (Å²) in [5, 5.41) is 0.472. The lowest BCUT2D eigenvalue weighted by molar-refractivity contribution is 0.0921. The van der Waals surface area contributed by atoms with Crippen molar-refractivity contribution in [3.8, 4) is 5.75 Å². The van der Waals surface area contributed by atoms with Gasteiger partial charge in [-0.1, -0.05) is 11.6 Å². The van der Waals surface area contributed by atoms with Crippen LogP contribution in [0.1, 0.15) is 10.4 Å². The van der Waals surface area contributed by atoms with Crippen molar-refractivity contribution in [2.75, 3.05) is 6.61 Å². The number of pyridine rings is 1. The molecule has 0 bridgehead atoms. The number of thiophene rings is 1. The molecule has 2 aromatic heterocycles. The summed E-state index contributed by atoms with van der Waals surface area (Å²) in [6.07, 6.45) is 3.01. The molecule has 3 nitrogen and oxygen atoms in total. The number of ether oxygens (including phenoxy) is 1. The maximum absolute atomic E-state index is 11.9. The molecule has 0 unspecified atom stereocenters. The smallest absolute Gasteiger partial charge is 0.202 e. The molecule has 0 saturated carbocycles. The quantitative estimate of drug-likeness (QED) is 0.691. The highest BCUT2D eigenvalue weighted by Crippen LogP contribution is 2.32. The molecule has 0 spiro atoms. The SMILES string of the molecule is O=C(COc1cncc(Cl)c1)c1cc(Br)sc1Br. The first-order valence-electron chi connectivity index (χ1n) is 4.77. The maximum Gasteiger partial charge on any atom is 0.202 e. The van der Waals surface area contributed by atoms with Gasteiger partial charge < -0.3 is 4.74 Å². The standard InChI is InChI=1S/C11H6Br2ClNO2S/c12-10-2-8(11(13)18-10)9(16)5-17-7-1-6(14)3-15-4-7/h1-4H,5H2. The van der Waals surface area contributed by atoms with Crippen LogP contribution in [0, 0.1) is 0 Å². The monoisotopic (exact) mass is 409 g/mol. The van der Waals surface area contributed by atoms with Crippen molar-refractivity contribution in [1.82, 2.24) is 4.98 Å². The molecule has 0 radical (unpaired) electrons. The van der Waals surface area contributed by atoms with Crippen LogP contribution in [0.4, 0.5) is 0 Å². The van der Waals surface area contributed by atoms with Crippen LogP contribution < -0.4 is 4.74 Å². The Morgan fingerprint density at radius 2 is 2.17 bits per heavy atom. The van der Waals surface area contributed by atoms with Crippen molar-refractivity contribution in [2.45, 2.75) is 0 Å². The van der Waals surface area contributed by atoms with E-state index in [1.165, 1.54) is 23.7 Å². The second-order valence-electron chi connectivity index (χ2n) is 3.29. The van der Waals surface area contributed by atoms with Crippen LogP contribution in [-0.4, -0.2) is 17.4 Å². The molecule has 0 fully saturated rings. The fourth-order valence-corrected chi connectivity index (χ4v) is 4.25. The third-order valence-corrected chi connectivity index (χ3v) is 4.55. The number of rotatable bonds is 4. The summed E-state index contributed by atoms with van der Waals surface area (Å²) < 4.78 is 7.01. The number of carbonyl (C=O) groups is 1. The number of hydrogen-bond acceptors (Lipinski definition) is 4. The number of nitrogens with zero attached hydrogens (tertiary/aromatic N) is 1. The van der Waals surface area contributed by atoms with Gasteiger partial charge in [0.1, 0.15) is 5.75 Å². The second-order valence-corrected chi connectivity index (χ2v) is 7.47. The van der Waals surface area contributed by atoms with Gasteiger partial charge in [-0.3, -0.25) is 9.78 Å². The predicted molar refractivity (Wildman–Crippen MR) is 78.8 cm³/mol. The average Bonchev–Trinajstić information content (AvgIpc) is 2.66. The van der Waals surface area contributed by atoms with Gasteiger partial charge in [0.25, 0.3) is 0 Å². The zero-order valence-electron chi connectivity index (χ0n) is 8.82. The minimum atomic E-state index is -0.108. The van der Waals surface area contributed by atoms with Crippen molar-refractivity contribution < 1.29 is 9.53 Å². The van der Waals surface area contributed by atoms with Crippen LogP contribution in [0.15, 0.2) is 32.1 Å². The number of aromatic nitrogens is 1. The van der Waals surface area contributed by atoms with Crippen LogP contribution in [-0.2, 0) is 0 Å². The van der Waals surface area contributed by atoms with Crippen LogP contribution in [0.25, 0.3) is 0 Å². The molecule has 0 atom stereocenters. The van der Waals surface area contributed by atoms with Gasteiger partial charge >= 0.3 is 0 Å². The van der Waals surface area contributed by atoms with Gasteiger partial charge in [-0.2, -0.15) is 0 Å². The van der Waals surface area contributed by atoms with E-state index in [1.54, 1.807) is 12.1 Å². The van der Waals surface area contributed by atoms with Gasteiger partial charge in [0.05, 0.1) is 18.8 Å². The van der Waals surface area contributed by atoms with Gasteiger partial charge in [-0.25, -0.2) is 0 Å². The first-order chi connectivity index (χ1) is 8.56. The molecular formula is C11H6Br2ClNO2S. The number of hydrogen-bond donors (Lipinski definition) is 0. The Morgan fingerprint density at radius 1 is 1.39 bits per heavy atom. The molecule has 0 aliphatic rings. The van der Waals surface area contributed by atoms with Crippen LogP contribution in [0.3, 0.4) is 0 Å². The van der Waals surface area contributed by atoms with Crippen molar-refractivity contribution in [2.24, 2.45) is 0 Å². The van der Waals surface area contributed by atoms with E-state index in [4.69, 9.17) is 16.3 Å². The van der Waals surface area contributed by atoms with E-state index in [1.807, 2.05) is 0 Å². The van der Waals surface area contributed by atoms with E-state index >= 15 is 0 Å². The summed E-state index contributed by atoms with van der Waals surface area (Å²) >= 11 is 13.9. The summed E-state index contributed by atoms with van der Waals surface area (Å²) in [5.74, 6) is 0.366. The largest absolute Gasteiger partial charge is 0.484 e. The van der Waals surface area contributed by atoms with E-state index in [-0.39, 0.29) is 12.4 Å². The Hall–Kier alpha value is -0.430. The molecule has 0 aliphatic heterocycles. The molecule has 0 aromatic carbocycles. The van der Waals surface area contributed by atoms with Gasteiger partial charge in [0.15, 0.2) is 6.61 Å². The highest BCUT2D eigenvalue weighted by atomic mass is 79.9. The van der Waals surface area contributed by atoms with Crippen LogP contribution in [0.2, 0.25) is 5.02 Å². The third-order valence-electron chi connectivity index (χ3n) is 2.01. The number of carbonyl (C=O) groups excluding carboxylic acids is 1. The summed E-state index contributed by atoms with van der Waals surface area (Å²) in [6, 6.07) is 3.37. The Morgan fingerprint density at radius 3 is 2.78 bits per heavy atom. The number of ketones is 1. The molecule has 0 amide bonds. The summed E-state index contributed by atoms with van der Waals surface area (Å²) in [4.78, 5) is 15.8. The lowest BCUT2D eigenvalue weighted by atomic mass is 10.2. The van der Waals surface area contributed by atoms with E-state index < -0.39 is 0 Å². The first kappa shape index (κ1) is 14.0. The van der Waals surface area contributed by atoms with Crippen LogP contribution in [0.5, 0.6) is 5.75 Å². The van der Waals surface area contributed by atoms with Crippen molar-refractivity contribution >= 4 is 60.6 Å². The molecule has 18 heavy (non-hydrogen) atoms. The lowest BCUT2D eigenvalue weighted by Crippen LogP contribution is -2.11. The molecule has 0 saturated heterocycles. The molecule has 2 rings (SSSR count). The highest BCUT2D eigenvalue weighted by Gasteiger charge is 2.14. The average molecular weight is 412 g/mol. The minimum Gasteiger partial charge on any atom is -0.484 e. The molecule has 0 N–H and O–H groups in total. The van der Waals surface area contributed by atoms with Crippen molar-refractivity contribution in [1.29, 1.82) is 0 Å². The summed E-state index contributed by atoms with van der Waals surface area (Å²) in [7, 11) is 0. The van der Waals surface area contributed by atoms with Crippen molar-refractivity contribution in [3.63, 3.8) is 0 Å². The van der Waals surface area contributed by atoms with E-state index in [9.17, 15) is 4.79 Å². The normalized spacial score (nSPS) is 10.4. The van der Waals surface area contributed by atoms with Crippen LogP contribution >= 0.6 is 54.8 Å². The Kier molecular flexibility index (Phi) is 4.77. The Balaban J connectivity index is 2.03. The molecule has 2 heterocycles. The first-order valence-corrected chi connectivity index (χ1v) is 7.55. The predicted octanol–water partition coefficient (Wildman–Crippen LogP) is 4.58. The fourth-order valence-electron chi connectivity index (χ4n) is 1.23. The zero-order valence-corrected chi connectivity index (χ0v) is 13.6.